The maximum Gasteiger partial charge on any atom is 0.224 e. The van der Waals surface area contributed by atoms with Crippen LogP contribution in [0.3, 0.4) is 0 Å². The highest BCUT2D eigenvalue weighted by Gasteiger charge is 2.11. The van der Waals surface area contributed by atoms with Crippen LogP contribution in [0.2, 0.25) is 0 Å². The van der Waals surface area contributed by atoms with E-state index in [2.05, 4.69) is 10.6 Å². The molecule has 2 amide bonds. The Morgan fingerprint density at radius 3 is 2.32 bits per heavy atom. The fourth-order valence-electron chi connectivity index (χ4n) is 2.53. The molecular formula is C20H23FN2O2. The Bertz CT molecular complexity index is 704. The predicted octanol–water partition coefficient (Wildman–Crippen LogP) is 2.79. The van der Waals surface area contributed by atoms with Crippen molar-refractivity contribution in [1.82, 2.24) is 10.6 Å². The third-order valence-corrected chi connectivity index (χ3v) is 3.89. The van der Waals surface area contributed by atoms with Gasteiger partial charge < -0.3 is 10.6 Å². The van der Waals surface area contributed by atoms with Gasteiger partial charge in [-0.2, -0.15) is 0 Å². The Hall–Kier alpha value is -2.69. The van der Waals surface area contributed by atoms with Crippen molar-refractivity contribution in [3.63, 3.8) is 0 Å². The molecule has 0 heterocycles. The quantitative estimate of drug-likeness (QED) is 0.725. The number of hydrogen-bond donors (Lipinski definition) is 2. The average Bonchev–Trinajstić information content (AvgIpc) is 2.59. The van der Waals surface area contributed by atoms with Gasteiger partial charge in [-0.15, -0.1) is 0 Å². The molecule has 0 radical (unpaired) electrons. The summed E-state index contributed by atoms with van der Waals surface area (Å²) in [5.74, 6) is -0.558. The molecule has 5 heteroatoms. The van der Waals surface area contributed by atoms with Crippen LogP contribution < -0.4 is 10.6 Å². The van der Waals surface area contributed by atoms with Gasteiger partial charge in [-0.1, -0.05) is 49.4 Å². The first-order valence-corrected chi connectivity index (χ1v) is 8.37. The Kier molecular flexibility index (Phi) is 7.14. The molecule has 0 aromatic heterocycles. The first-order valence-electron chi connectivity index (χ1n) is 8.37. The highest BCUT2D eigenvalue weighted by atomic mass is 19.1. The summed E-state index contributed by atoms with van der Waals surface area (Å²) in [6.45, 7) is 2.64. The number of amides is 2. The predicted molar refractivity (Wildman–Crippen MR) is 95.6 cm³/mol. The lowest BCUT2D eigenvalue weighted by Gasteiger charge is -2.12. The van der Waals surface area contributed by atoms with Crippen molar-refractivity contribution in [3.8, 4) is 0 Å². The standard InChI is InChI=1S/C20H23FN2O2/c1-15(17-8-5-9-18(21)14-17)12-19(24)22-10-11-23-20(25)13-16-6-3-2-4-7-16/h2-9,14-15H,10-13H2,1H3,(H,22,24)(H,23,25)/t15-/m1/s1. The normalized spacial score (nSPS) is 11.6. The van der Waals surface area contributed by atoms with E-state index in [0.29, 0.717) is 19.5 Å². The van der Waals surface area contributed by atoms with Gasteiger partial charge in [0.25, 0.3) is 0 Å². The molecule has 0 aliphatic carbocycles. The van der Waals surface area contributed by atoms with E-state index in [1.807, 2.05) is 43.3 Å². The van der Waals surface area contributed by atoms with Crippen LogP contribution in [0.4, 0.5) is 4.39 Å². The molecule has 4 nitrogen and oxygen atoms in total. The summed E-state index contributed by atoms with van der Waals surface area (Å²) in [5, 5.41) is 5.55. The second-order valence-electron chi connectivity index (χ2n) is 6.02. The van der Waals surface area contributed by atoms with E-state index in [4.69, 9.17) is 0 Å². The second kappa shape index (κ2) is 9.57. The minimum atomic E-state index is -0.300. The van der Waals surface area contributed by atoms with Crippen molar-refractivity contribution < 1.29 is 14.0 Å². The zero-order valence-corrected chi connectivity index (χ0v) is 14.3. The minimum Gasteiger partial charge on any atom is -0.354 e. The van der Waals surface area contributed by atoms with Gasteiger partial charge in [-0.25, -0.2) is 4.39 Å². The molecule has 0 unspecified atom stereocenters. The highest BCUT2D eigenvalue weighted by molar-refractivity contribution is 5.79. The first-order chi connectivity index (χ1) is 12.0. The SMILES string of the molecule is C[C@H](CC(=O)NCCNC(=O)Cc1ccccc1)c1cccc(F)c1. The molecule has 1 atom stereocenters. The zero-order valence-electron chi connectivity index (χ0n) is 14.3. The number of rotatable bonds is 8. The fourth-order valence-corrected chi connectivity index (χ4v) is 2.53. The van der Waals surface area contributed by atoms with Gasteiger partial charge in [0.15, 0.2) is 0 Å². The molecule has 2 rings (SSSR count). The smallest absolute Gasteiger partial charge is 0.224 e. The maximum atomic E-state index is 13.2. The molecule has 0 fully saturated rings. The van der Waals surface area contributed by atoms with Crippen LogP contribution in [0.25, 0.3) is 0 Å². The fraction of sp³-hybridized carbons (Fsp3) is 0.300. The van der Waals surface area contributed by atoms with Crippen molar-refractivity contribution in [1.29, 1.82) is 0 Å². The van der Waals surface area contributed by atoms with E-state index in [1.54, 1.807) is 6.07 Å². The molecule has 132 valence electrons. The van der Waals surface area contributed by atoms with Crippen LogP contribution in [0.1, 0.15) is 30.4 Å². The van der Waals surface area contributed by atoms with E-state index >= 15 is 0 Å². The summed E-state index contributed by atoms with van der Waals surface area (Å²) in [6, 6.07) is 15.8. The Morgan fingerprint density at radius 2 is 1.64 bits per heavy atom. The second-order valence-corrected chi connectivity index (χ2v) is 6.02. The number of carbonyl (C=O) groups is 2. The van der Waals surface area contributed by atoms with Crippen molar-refractivity contribution in [2.24, 2.45) is 0 Å². The van der Waals surface area contributed by atoms with Crippen LogP contribution in [-0.2, 0) is 16.0 Å². The maximum absolute atomic E-state index is 13.2. The molecule has 0 saturated carbocycles. The summed E-state index contributed by atoms with van der Waals surface area (Å²) < 4.78 is 13.2. The van der Waals surface area contributed by atoms with Crippen molar-refractivity contribution in [3.05, 3.63) is 71.5 Å². The number of benzene rings is 2. The molecule has 2 aromatic carbocycles. The average molecular weight is 342 g/mol. The zero-order chi connectivity index (χ0) is 18.1. The van der Waals surface area contributed by atoms with E-state index in [9.17, 15) is 14.0 Å². The molecule has 2 N–H and O–H groups in total. The third kappa shape index (κ3) is 6.75. The highest BCUT2D eigenvalue weighted by Crippen LogP contribution is 2.19. The lowest BCUT2D eigenvalue weighted by Crippen LogP contribution is -2.35. The minimum absolute atomic E-state index is 0.0663. The lowest BCUT2D eigenvalue weighted by molar-refractivity contribution is -0.122. The van der Waals surface area contributed by atoms with Gasteiger partial charge >= 0.3 is 0 Å². The van der Waals surface area contributed by atoms with Crippen molar-refractivity contribution in [2.75, 3.05) is 13.1 Å². The number of halogens is 1. The van der Waals surface area contributed by atoms with E-state index in [-0.39, 0.29) is 30.0 Å². The van der Waals surface area contributed by atoms with Crippen LogP contribution >= 0.6 is 0 Å². The molecule has 0 aliphatic heterocycles. The van der Waals surface area contributed by atoms with Crippen molar-refractivity contribution >= 4 is 11.8 Å². The molecule has 2 aromatic rings. The van der Waals surface area contributed by atoms with E-state index < -0.39 is 0 Å². The number of nitrogens with one attached hydrogen (secondary N) is 2. The summed E-state index contributed by atoms with van der Waals surface area (Å²) in [7, 11) is 0. The van der Waals surface area contributed by atoms with Crippen LogP contribution in [0.5, 0.6) is 0 Å². The molecule has 0 bridgehead atoms. The Balaban J connectivity index is 1.64. The topological polar surface area (TPSA) is 58.2 Å². The third-order valence-electron chi connectivity index (χ3n) is 3.89. The van der Waals surface area contributed by atoms with Gasteiger partial charge in [0.1, 0.15) is 5.82 Å². The van der Waals surface area contributed by atoms with Gasteiger partial charge in [0, 0.05) is 19.5 Å². The molecular weight excluding hydrogens is 319 g/mol. The summed E-state index contributed by atoms with van der Waals surface area (Å²) in [6.07, 6.45) is 0.604. The molecule has 0 spiro atoms. The molecule has 0 saturated heterocycles. The Morgan fingerprint density at radius 1 is 0.960 bits per heavy atom. The number of carbonyl (C=O) groups excluding carboxylic acids is 2. The summed E-state index contributed by atoms with van der Waals surface area (Å²) in [4.78, 5) is 23.7. The van der Waals surface area contributed by atoms with Gasteiger partial charge in [-0.05, 0) is 29.2 Å². The summed E-state index contributed by atoms with van der Waals surface area (Å²) in [5.41, 5.74) is 1.75. The van der Waals surface area contributed by atoms with Crippen LogP contribution in [0, 0.1) is 5.82 Å². The van der Waals surface area contributed by atoms with Crippen LogP contribution in [0.15, 0.2) is 54.6 Å². The Labute approximate surface area is 147 Å². The largest absolute Gasteiger partial charge is 0.354 e. The van der Waals surface area contributed by atoms with Gasteiger partial charge in [-0.3, -0.25) is 9.59 Å². The first kappa shape index (κ1) is 18.6. The molecule has 25 heavy (non-hydrogen) atoms. The lowest BCUT2D eigenvalue weighted by atomic mass is 9.97. The molecule has 0 aliphatic rings. The van der Waals surface area contributed by atoms with Crippen LogP contribution in [-0.4, -0.2) is 24.9 Å². The van der Waals surface area contributed by atoms with Gasteiger partial charge in [0.2, 0.25) is 11.8 Å². The number of hydrogen-bond acceptors (Lipinski definition) is 2. The van der Waals surface area contributed by atoms with E-state index in [1.165, 1.54) is 12.1 Å². The van der Waals surface area contributed by atoms with Gasteiger partial charge in [0.05, 0.1) is 6.42 Å². The monoisotopic (exact) mass is 342 g/mol. The van der Waals surface area contributed by atoms with Crippen molar-refractivity contribution in [2.45, 2.75) is 25.7 Å². The summed E-state index contributed by atoms with van der Waals surface area (Å²) >= 11 is 0. The van der Waals surface area contributed by atoms with E-state index in [0.717, 1.165) is 11.1 Å².